The Kier molecular flexibility index (Phi) is 17.5. The van der Waals surface area contributed by atoms with Crippen LogP contribution in [0.2, 0.25) is 0 Å². The van der Waals surface area contributed by atoms with Gasteiger partial charge in [0.25, 0.3) is 0 Å². The van der Waals surface area contributed by atoms with Crippen molar-refractivity contribution in [2.45, 2.75) is 71.1 Å². The van der Waals surface area contributed by atoms with Crippen LogP contribution in [0.5, 0.6) is 0 Å². The van der Waals surface area contributed by atoms with Crippen molar-refractivity contribution in [1.82, 2.24) is 0 Å². The molecular weight excluding hydrogens is 335 g/mol. The molecule has 1 fully saturated rings. The van der Waals surface area contributed by atoms with Crippen molar-refractivity contribution in [2.24, 2.45) is 11.8 Å². The van der Waals surface area contributed by atoms with Crippen LogP contribution in [-0.2, 0) is 4.79 Å². The second-order valence-electron chi connectivity index (χ2n) is 6.59. The van der Waals surface area contributed by atoms with Crippen LogP contribution >= 0.6 is 0 Å². The molecule has 25 heavy (non-hydrogen) atoms. The van der Waals surface area contributed by atoms with Crippen LogP contribution in [0.15, 0.2) is 48.6 Å². The van der Waals surface area contributed by atoms with E-state index in [0.29, 0.717) is 6.42 Å². The van der Waals surface area contributed by atoms with Gasteiger partial charge in [-0.25, -0.2) is 0 Å². The third kappa shape index (κ3) is 16.0. The molecule has 0 amide bonds. The maximum absolute atomic E-state index is 10.3. The molecule has 0 saturated heterocycles. The van der Waals surface area contributed by atoms with Gasteiger partial charge in [0.2, 0.25) is 0 Å². The Morgan fingerprint density at radius 1 is 0.880 bits per heavy atom. The summed E-state index contributed by atoms with van der Waals surface area (Å²) in [6.45, 7) is 2.24. The van der Waals surface area contributed by atoms with Crippen molar-refractivity contribution in [3.8, 4) is 0 Å². The minimum atomic E-state index is -0.955. The molecule has 1 saturated carbocycles. The molecule has 1 aliphatic carbocycles. The number of hydrogen-bond donors (Lipinski definition) is 0. The van der Waals surface area contributed by atoms with Crippen LogP contribution in [0.25, 0.3) is 0 Å². The van der Waals surface area contributed by atoms with Crippen molar-refractivity contribution in [3.05, 3.63) is 48.6 Å². The first kappa shape index (κ1) is 25.1. The fourth-order valence-electron chi connectivity index (χ4n) is 2.65. The first-order chi connectivity index (χ1) is 11.7. The Morgan fingerprint density at radius 2 is 1.44 bits per heavy atom. The number of rotatable bonds is 14. The number of carbonyl (C=O) groups excluding carboxylic acids is 1. The molecule has 0 radical (unpaired) electrons. The summed E-state index contributed by atoms with van der Waals surface area (Å²) in [5.41, 5.74) is 0. The van der Waals surface area contributed by atoms with Gasteiger partial charge in [-0.15, -0.1) is 0 Å². The number of hydrogen-bond acceptors (Lipinski definition) is 2. The number of aliphatic carboxylic acids is 1. The summed E-state index contributed by atoms with van der Waals surface area (Å²) in [5, 5.41) is 10.3. The minimum Gasteiger partial charge on any atom is -0.550 e. The topological polar surface area (TPSA) is 40.1 Å². The Labute approximate surface area is 197 Å². The molecule has 1 aliphatic rings. The van der Waals surface area contributed by atoms with Gasteiger partial charge in [0, 0.05) is 5.97 Å². The van der Waals surface area contributed by atoms with E-state index in [-0.39, 0.29) is 57.8 Å². The van der Waals surface area contributed by atoms with Gasteiger partial charge in [0.05, 0.1) is 0 Å². The molecule has 0 N–H and O–H groups in total. The number of allylic oxidation sites excluding steroid dienone is 8. The molecule has 0 spiro atoms. The SMILES string of the molecule is CCCCC/C=C\C/C=C\[C@@H]1C[C@H]1/C=C\C/C=C\CCCC(=O)[O-].[K+]. The predicted molar refractivity (Wildman–Crippen MR) is 100 cm³/mol. The summed E-state index contributed by atoms with van der Waals surface area (Å²) in [6.07, 6.45) is 28.1. The average molecular weight is 369 g/mol. The van der Waals surface area contributed by atoms with Crippen LogP contribution in [0.4, 0.5) is 0 Å². The Hall–Kier alpha value is 0.0664. The van der Waals surface area contributed by atoms with Gasteiger partial charge in [0.1, 0.15) is 0 Å². The van der Waals surface area contributed by atoms with Gasteiger partial charge in [-0.1, -0.05) is 68.4 Å². The Balaban J connectivity index is 0.00000576. The number of unbranched alkanes of at least 4 members (excludes halogenated alkanes) is 4. The van der Waals surface area contributed by atoms with E-state index in [1.807, 2.05) is 0 Å². The molecule has 0 heterocycles. The van der Waals surface area contributed by atoms with Crippen molar-refractivity contribution in [2.75, 3.05) is 0 Å². The van der Waals surface area contributed by atoms with E-state index < -0.39 is 5.97 Å². The monoisotopic (exact) mass is 368 g/mol. The summed E-state index contributed by atoms with van der Waals surface area (Å²) >= 11 is 0. The first-order valence-corrected chi connectivity index (χ1v) is 9.57. The van der Waals surface area contributed by atoms with E-state index in [9.17, 15) is 9.90 Å². The Morgan fingerprint density at radius 3 is 1.96 bits per heavy atom. The zero-order chi connectivity index (χ0) is 17.5. The van der Waals surface area contributed by atoms with E-state index in [2.05, 4.69) is 55.5 Å². The van der Waals surface area contributed by atoms with Crippen LogP contribution < -0.4 is 56.5 Å². The third-order valence-corrected chi connectivity index (χ3v) is 4.26. The second kappa shape index (κ2) is 17.5. The zero-order valence-electron chi connectivity index (χ0n) is 16.2. The van der Waals surface area contributed by atoms with Crippen molar-refractivity contribution >= 4 is 5.97 Å². The average Bonchev–Trinajstić information content (AvgIpc) is 3.30. The van der Waals surface area contributed by atoms with Gasteiger partial charge in [-0.05, 0) is 63.2 Å². The summed E-state index contributed by atoms with van der Waals surface area (Å²) < 4.78 is 0. The molecule has 0 aromatic rings. The summed E-state index contributed by atoms with van der Waals surface area (Å²) in [4.78, 5) is 10.3. The molecule has 1 rings (SSSR count). The maximum Gasteiger partial charge on any atom is 1.00 e. The smallest absolute Gasteiger partial charge is 0.550 e. The minimum absolute atomic E-state index is 0. The van der Waals surface area contributed by atoms with Gasteiger partial charge in [0.15, 0.2) is 0 Å². The fourth-order valence-corrected chi connectivity index (χ4v) is 2.65. The maximum atomic E-state index is 10.3. The molecule has 0 aromatic heterocycles. The summed E-state index contributed by atoms with van der Waals surface area (Å²) in [6, 6.07) is 0. The largest absolute Gasteiger partial charge is 1.00 e. The van der Waals surface area contributed by atoms with Crippen LogP contribution in [0, 0.1) is 11.8 Å². The molecule has 0 aromatic carbocycles. The van der Waals surface area contributed by atoms with Crippen LogP contribution in [0.3, 0.4) is 0 Å². The van der Waals surface area contributed by atoms with Gasteiger partial charge in [-0.3, -0.25) is 0 Å². The zero-order valence-corrected chi connectivity index (χ0v) is 19.3. The Bertz CT molecular complexity index is 449. The van der Waals surface area contributed by atoms with Gasteiger partial charge >= 0.3 is 51.4 Å². The van der Waals surface area contributed by atoms with E-state index in [1.54, 1.807) is 0 Å². The molecule has 0 unspecified atom stereocenters. The van der Waals surface area contributed by atoms with Gasteiger partial charge in [-0.2, -0.15) is 0 Å². The van der Waals surface area contributed by atoms with E-state index in [4.69, 9.17) is 0 Å². The van der Waals surface area contributed by atoms with E-state index in [1.165, 1.54) is 32.1 Å². The van der Waals surface area contributed by atoms with E-state index >= 15 is 0 Å². The van der Waals surface area contributed by atoms with Crippen LogP contribution in [0.1, 0.15) is 71.1 Å². The molecule has 2 atom stereocenters. The summed E-state index contributed by atoms with van der Waals surface area (Å²) in [7, 11) is 0. The predicted octanol–water partition coefficient (Wildman–Crippen LogP) is 2.13. The molecular formula is C22H33KO2. The van der Waals surface area contributed by atoms with E-state index in [0.717, 1.165) is 31.1 Å². The van der Waals surface area contributed by atoms with Gasteiger partial charge < -0.3 is 9.90 Å². The standard InChI is InChI=1S/C22H34O2.K/c1-2-3-4-5-6-7-10-13-16-20-19-21(20)17-14-11-8-9-12-15-18-22(23)24;/h6-9,13-14,16-17,20-21H,2-5,10-12,15,18-19H2,1H3,(H,23,24);/q;+1/p-1/b7-6-,9-8-,16-13-,17-14-;/t20-,21-;/m1./s1. The number of carboxylic acids is 1. The molecule has 0 bridgehead atoms. The molecule has 134 valence electrons. The first-order valence-electron chi connectivity index (χ1n) is 9.57. The molecule has 0 aliphatic heterocycles. The fraction of sp³-hybridized carbons (Fsp3) is 0.591. The molecule has 3 heteroatoms. The quantitative estimate of drug-likeness (QED) is 0.268. The van der Waals surface area contributed by atoms with Crippen molar-refractivity contribution < 1.29 is 61.3 Å². The van der Waals surface area contributed by atoms with Crippen molar-refractivity contribution in [1.29, 1.82) is 0 Å². The second-order valence-corrected chi connectivity index (χ2v) is 6.59. The normalized spacial score (nSPS) is 20.0. The molecule has 2 nitrogen and oxygen atoms in total. The third-order valence-electron chi connectivity index (χ3n) is 4.26. The van der Waals surface area contributed by atoms with Crippen LogP contribution in [-0.4, -0.2) is 5.97 Å². The number of carboxylic acid groups (broad SMARTS) is 1. The summed E-state index contributed by atoms with van der Waals surface area (Å²) in [5.74, 6) is 0.506. The van der Waals surface area contributed by atoms with Crippen molar-refractivity contribution in [3.63, 3.8) is 0 Å². The number of carbonyl (C=O) groups is 1.